The molecule has 68 valence electrons. The summed E-state index contributed by atoms with van der Waals surface area (Å²) < 4.78 is 0. The molecule has 3 heteroatoms. The van der Waals surface area contributed by atoms with E-state index in [4.69, 9.17) is 5.26 Å². The summed E-state index contributed by atoms with van der Waals surface area (Å²) in [6, 6.07) is 9.36. The molecular formula is C11H8N2O. The Kier molecular flexibility index (Phi) is 1.83. The number of fused-ring (bicyclic) bond motifs is 1. The number of H-pyrrole nitrogens is 1. The van der Waals surface area contributed by atoms with Crippen LogP contribution in [0.3, 0.4) is 0 Å². The Morgan fingerprint density at radius 1 is 1.36 bits per heavy atom. The quantitative estimate of drug-likeness (QED) is 0.677. The summed E-state index contributed by atoms with van der Waals surface area (Å²) in [4.78, 5) is 14.1. The smallest absolute Gasteiger partial charge is 0.266 e. The number of pyridine rings is 1. The van der Waals surface area contributed by atoms with Crippen LogP contribution in [0.5, 0.6) is 0 Å². The third kappa shape index (κ3) is 1.09. The first-order valence-electron chi connectivity index (χ1n) is 4.26. The fraction of sp³-hybridized carbons (Fsp3) is 0.0909. The van der Waals surface area contributed by atoms with Gasteiger partial charge in [-0.2, -0.15) is 5.26 Å². The fourth-order valence-corrected chi connectivity index (χ4v) is 1.54. The molecule has 0 saturated carbocycles. The molecule has 0 aliphatic carbocycles. The Labute approximate surface area is 80.6 Å². The normalized spacial score (nSPS) is 10.0. The fourth-order valence-electron chi connectivity index (χ4n) is 1.54. The van der Waals surface area contributed by atoms with Crippen molar-refractivity contribution in [3.8, 4) is 6.07 Å². The molecule has 0 aliphatic rings. The summed E-state index contributed by atoms with van der Waals surface area (Å²) in [7, 11) is 0. The summed E-state index contributed by atoms with van der Waals surface area (Å²) >= 11 is 0. The summed E-state index contributed by atoms with van der Waals surface area (Å²) in [5, 5.41) is 9.71. The molecule has 2 aromatic rings. The van der Waals surface area contributed by atoms with Crippen LogP contribution in [0.15, 0.2) is 29.1 Å². The Morgan fingerprint density at radius 2 is 2.07 bits per heavy atom. The van der Waals surface area contributed by atoms with Gasteiger partial charge in [-0.15, -0.1) is 0 Å². The molecule has 0 fully saturated rings. The van der Waals surface area contributed by atoms with Gasteiger partial charge in [0.15, 0.2) is 0 Å². The first kappa shape index (κ1) is 8.52. The van der Waals surface area contributed by atoms with Gasteiger partial charge in [-0.3, -0.25) is 4.79 Å². The average molecular weight is 184 g/mol. The highest BCUT2D eigenvalue weighted by Crippen LogP contribution is 2.15. The van der Waals surface area contributed by atoms with Crippen molar-refractivity contribution in [2.75, 3.05) is 0 Å². The topological polar surface area (TPSA) is 56.6 Å². The summed E-state index contributed by atoms with van der Waals surface area (Å²) in [6.45, 7) is 1.79. The van der Waals surface area contributed by atoms with Crippen LogP contribution >= 0.6 is 0 Å². The SMILES string of the molecule is Cc1c(C#N)c(=O)[nH]c2ccccc12. The van der Waals surface area contributed by atoms with E-state index in [0.717, 1.165) is 16.5 Å². The predicted octanol–water partition coefficient (Wildman–Crippen LogP) is 1.71. The van der Waals surface area contributed by atoms with Crippen molar-refractivity contribution in [1.82, 2.24) is 4.98 Å². The molecule has 1 aromatic heterocycles. The number of benzene rings is 1. The van der Waals surface area contributed by atoms with Crippen LogP contribution < -0.4 is 5.56 Å². The summed E-state index contributed by atoms with van der Waals surface area (Å²) in [6.07, 6.45) is 0. The van der Waals surface area contributed by atoms with Crippen LogP contribution in [0.25, 0.3) is 10.9 Å². The molecule has 0 unspecified atom stereocenters. The Balaban J connectivity index is 3.02. The van der Waals surface area contributed by atoms with Gasteiger partial charge in [-0.1, -0.05) is 18.2 Å². The van der Waals surface area contributed by atoms with E-state index in [9.17, 15) is 4.79 Å². The molecule has 2 rings (SSSR count). The van der Waals surface area contributed by atoms with Gasteiger partial charge < -0.3 is 4.98 Å². The van der Waals surface area contributed by atoms with Crippen molar-refractivity contribution < 1.29 is 0 Å². The van der Waals surface area contributed by atoms with Crippen LogP contribution in [0, 0.1) is 18.3 Å². The second kappa shape index (κ2) is 3.00. The monoisotopic (exact) mass is 184 g/mol. The second-order valence-electron chi connectivity index (χ2n) is 3.11. The summed E-state index contributed by atoms with van der Waals surface area (Å²) in [5.74, 6) is 0. The van der Waals surface area contributed by atoms with Crippen LogP contribution in [-0.4, -0.2) is 4.98 Å². The lowest BCUT2D eigenvalue weighted by molar-refractivity contribution is 1.24. The molecule has 0 bridgehead atoms. The molecule has 0 amide bonds. The zero-order valence-corrected chi connectivity index (χ0v) is 7.66. The average Bonchev–Trinajstić information content (AvgIpc) is 2.18. The van der Waals surface area contributed by atoms with Gasteiger partial charge in [-0.25, -0.2) is 0 Å². The zero-order chi connectivity index (χ0) is 10.1. The standard InChI is InChI=1S/C11H8N2O/c1-7-8-4-2-3-5-10(8)13-11(14)9(7)6-12/h2-5H,1H3,(H,13,14). The molecular weight excluding hydrogens is 176 g/mol. The van der Waals surface area contributed by atoms with E-state index in [1.165, 1.54) is 0 Å². The molecule has 3 nitrogen and oxygen atoms in total. The number of aromatic nitrogens is 1. The van der Waals surface area contributed by atoms with Crippen LogP contribution in [0.2, 0.25) is 0 Å². The third-order valence-corrected chi connectivity index (χ3v) is 2.29. The minimum atomic E-state index is -0.316. The van der Waals surface area contributed by atoms with E-state index >= 15 is 0 Å². The first-order chi connectivity index (χ1) is 6.74. The molecule has 1 N–H and O–H groups in total. The number of aryl methyl sites for hydroxylation is 1. The highest BCUT2D eigenvalue weighted by molar-refractivity contribution is 5.83. The van der Waals surface area contributed by atoms with E-state index in [-0.39, 0.29) is 11.1 Å². The van der Waals surface area contributed by atoms with E-state index in [2.05, 4.69) is 4.98 Å². The van der Waals surface area contributed by atoms with Crippen molar-refractivity contribution in [2.45, 2.75) is 6.92 Å². The van der Waals surface area contributed by atoms with Gasteiger partial charge in [0.1, 0.15) is 11.6 Å². The molecule has 0 aliphatic heterocycles. The van der Waals surface area contributed by atoms with Crippen LogP contribution in [0.1, 0.15) is 11.1 Å². The van der Waals surface area contributed by atoms with Crippen molar-refractivity contribution in [1.29, 1.82) is 5.26 Å². The third-order valence-electron chi connectivity index (χ3n) is 2.29. The van der Waals surface area contributed by atoms with E-state index in [0.29, 0.717) is 0 Å². The number of para-hydroxylation sites is 1. The van der Waals surface area contributed by atoms with E-state index in [1.807, 2.05) is 30.3 Å². The number of nitrogens with one attached hydrogen (secondary N) is 1. The zero-order valence-electron chi connectivity index (χ0n) is 7.66. The minimum Gasteiger partial charge on any atom is -0.321 e. The molecule has 0 spiro atoms. The highest BCUT2D eigenvalue weighted by Gasteiger charge is 2.06. The molecule has 14 heavy (non-hydrogen) atoms. The van der Waals surface area contributed by atoms with E-state index < -0.39 is 0 Å². The van der Waals surface area contributed by atoms with Crippen molar-refractivity contribution in [3.63, 3.8) is 0 Å². The molecule has 0 atom stereocenters. The largest absolute Gasteiger partial charge is 0.321 e. The summed E-state index contributed by atoms with van der Waals surface area (Å²) in [5.41, 5.74) is 1.40. The molecule has 1 aromatic carbocycles. The Bertz CT molecular complexity index is 590. The molecule has 0 radical (unpaired) electrons. The lowest BCUT2D eigenvalue weighted by Crippen LogP contribution is -2.11. The lowest BCUT2D eigenvalue weighted by Gasteiger charge is -2.02. The number of hydrogen-bond donors (Lipinski definition) is 1. The number of rotatable bonds is 0. The van der Waals surface area contributed by atoms with Gasteiger partial charge >= 0.3 is 0 Å². The van der Waals surface area contributed by atoms with E-state index in [1.54, 1.807) is 6.92 Å². The lowest BCUT2D eigenvalue weighted by atomic mass is 10.1. The van der Waals surface area contributed by atoms with Crippen LogP contribution in [0.4, 0.5) is 0 Å². The molecule has 0 saturated heterocycles. The molecule has 1 heterocycles. The predicted molar refractivity (Wildman–Crippen MR) is 54.0 cm³/mol. The van der Waals surface area contributed by atoms with Gasteiger partial charge in [0.05, 0.1) is 0 Å². The minimum absolute atomic E-state index is 0.198. The van der Waals surface area contributed by atoms with Gasteiger partial charge in [-0.05, 0) is 18.6 Å². The first-order valence-corrected chi connectivity index (χ1v) is 4.26. The Morgan fingerprint density at radius 3 is 2.79 bits per heavy atom. The van der Waals surface area contributed by atoms with Crippen molar-refractivity contribution in [2.24, 2.45) is 0 Å². The maximum Gasteiger partial charge on any atom is 0.266 e. The maximum atomic E-state index is 11.4. The Hall–Kier alpha value is -2.08. The number of hydrogen-bond acceptors (Lipinski definition) is 2. The van der Waals surface area contributed by atoms with Crippen LogP contribution in [-0.2, 0) is 0 Å². The number of nitriles is 1. The highest BCUT2D eigenvalue weighted by atomic mass is 16.1. The van der Waals surface area contributed by atoms with Gasteiger partial charge in [0.25, 0.3) is 5.56 Å². The second-order valence-corrected chi connectivity index (χ2v) is 3.11. The maximum absolute atomic E-state index is 11.4. The van der Waals surface area contributed by atoms with Crippen molar-refractivity contribution >= 4 is 10.9 Å². The van der Waals surface area contributed by atoms with Gasteiger partial charge in [0, 0.05) is 10.9 Å². The number of aromatic amines is 1. The number of nitrogens with zero attached hydrogens (tertiary/aromatic N) is 1. The van der Waals surface area contributed by atoms with Gasteiger partial charge in [0.2, 0.25) is 0 Å². The van der Waals surface area contributed by atoms with Crippen molar-refractivity contribution in [3.05, 3.63) is 45.7 Å².